The second kappa shape index (κ2) is 10.4. The molecule has 1 aliphatic rings. The first-order chi connectivity index (χ1) is 13.7. The van der Waals surface area contributed by atoms with Crippen LogP contribution in [-0.4, -0.2) is 21.9 Å². The first-order valence-corrected chi connectivity index (χ1v) is 10.8. The normalized spacial score (nSPS) is 14.9. The Balaban J connectivity index is 1.71. The summed E-state index contributed by atoms with van der Waals surface area (Å²) in [5.74, 6) is 0.316. The number of hydrogen-bond donors (Lipinski definition) is 0. The molecule has 1 amide bonds. The molecule has 0 aliphatic heterocycles. The maximum absolute atomic E-state index is 13.5. The van der Waals surface area contributed by atoms with Gasteiger partial charge in [0.05, 0.1) is 6.54 Å². The highest BCUT2D eigenvalue weighted by Gasteiger charge is 2.26. The largest absolute Gasteiger partial charge is 0.345 e. The standard InChI is InChI=1S/C24H33FN2O/c1-2-3-7-15-27(24(28)21-11-5-4-6-12-21)19-23-14-9-16-26(23)18-20-10-8-13-22(25)17-20/h8-10,13-14,16-17,21H,2-7,11-12,15,18-19H2,1H3. The number of hydrogen-bond acceptors (Lipinski definition) is 1. The van der Waals surface area contributed by atoms with Crippen molar-refractivity contribution < 1.29 is 9.18 Å². The smallest absolute Gasteiger partial charge is 0.226 e. The van der Waals surface area contributed by atoms with Crippen LogP contribution in [0, 0.1) is 11.7 Å². The Morgan fingerprint density at radius 1 is 1.14 bits per heavy atom. The van der Waals surface area contributed by atoms with Gasteiger partial charge in [-0.3, -0.25) is 4.79 Å². The van der Waals surface area contributed by atoms with E-state index in [1.807, 2.05) is 18.3 Å². The van der Waals surface area contributed by atoms with Gasteiger partial charge in [0, 0.05) is 30.9 Å². The van der Waals surface area contributed by atoms with Gasteiger partial charge in [0.1, 0.15) is 5.82 Å². The Kier molecular flexibility index (Phi) is 7.70. The minimum Gasteiger partial charge on any atom is -0.345 e. The van der Waals surface area contributed by atoms with Gasteiger partial charge in [-0.05, 0) is 49.1 Å². The molecule has 2 aromatic rings. The number of carbonyl (C=O) groups excluding carboxylic acids is 1. The summed E-state index contributed by atoms with van der Waals surface area (Å²) in [6, 6.07) is 10.8. The average Bonchev–Trinajstić information content (AvgIpc) is 3.14. The van der Waals surface area contributed by atoms with Crippen LogP contribution < -0.4 is 0 Å². The molecular formula is C24H33FN2O. The Morgan fingerprint density at radius 2 is 1.96 bits per heavy atom. The molecule has 0 atom stereocenters. The number of benzene rings is 1. The molecule has 1 aromatic carbocycles. The van der Waals surface area contributed by atoms with Crippen molar-refractivity contribution in [1.82, 2.24) is 9.47 Å². The number of carbonyl (C=O) groups is 1. The van der Waals surface area contributed by atoms with Crippen LogP contribution in [0.3, 0.4) is 0 Å². The Bertz CT molecular complexity index is 749. The molecule has 0 N–H and O–H groups in total. The van der Waals surface area contributed by atoms with Crippen molar-refractivity contribution in [2.45, 2.75) is 71.4 Å². The fourth-order valence-electron chi connectivity index (χ4n) is 4.20. The molecule has 28 heavy (non-hydrogen) atoms. The van der Waals surface area contributed by atoms with Crippen molar-refractivity contribution in [3.63, 3.8) is 0 Å². The molecule has 1 aliphatic carbocycles. The highest BCUT2D eigenvalue weighted by atomic mass is 19.1. The van der Waals surface area contributed by atoms with Crippen molar-refractivity contribution in [3.8, 4) is 0 Å². The van der Waals surface area contributed by atoms with E-state index in [2.05, 4.69) is 22.5 Å². The van der Waals surface area contributed by atoms with E-state index in [1.54, 1.807) is 12.1 Å². The molecule has 1 saturated carbocycles. The topological polar surface area (TPSA) is 25.2 Å². The van der Waals surface area contributed by atoms with Crippen LogP contribution in [0.1, 0.15) is 69.5 Å². The summed E-state index contributed by atoms with van der Waals surface area (Å²) in [6.45, 7) is 4.29. The summed E-state index contributed by atoms with van der Waals surface area (Å²) in [5, 5.41) is 0. The molecular weight excluding hydrogens is 351 g/mol. The third-order valence-corrected chi connectivity index (χ3v) is 5.82. The minimum absolute atomic E-state index is 0.196. The van der Waals surface area contributed by atoms with Crippen molar-refractivity contribution in [1.29, 1.82) is 0 Å². The summed E-state index contributed by atoms with van der Waals surface area (Å²) in [5.41, 5.74) is 2.05. The van der Waals surface area contributed by atoms with Gasteiger partial charge in [-0.2, -0.15) is 0 Å². The van der Waals surface area contributed by atoms with E-state index >= 15 is 0 Å². The molecule has 0 bridgehead atoms. The highest BCUT2D eigenvalue weighted by molar-refractivity contribution is 5.78. The van der Waals surface area contributed by atoms with Gasteiger partial charge < -0.3 is 9.47 Å². The van der Waals surface area contributed by atoms with Crippen LogP contribution in [0.2, 0.25) is 0 Å². The molecule has 0 saturated heterocycles. The predicted octanol–water partition coefficient (Wildman–Crippen LogP) is 5.77. The number of aromatic nitrogens is 1. The van der Waals surface area contributed by atoms with Gasteiger partial charge in [0.25, 0.3) is 0 Å². The van der Waals surface area contributed by atoms with Crippen molar-refractivity contribution in [2.75, 3.05) is 6.54 Å². The zero-order chi connectivity index (χ0) is 19.8. The summed E-state index contributed by atoms with van der Waals surface area (Å²) >= 11 is 0. The second-order valence-electron chi connectivity index (χ2n) is 8.06. The Hall–Kier alpha value is -2.10. The molecule has 3 rings (SSSR count). The van der Waals surface area contributed by atoms with Gasteiger partial charge in [0.2, 0.25) is 5.91 Å². The fraction of sp³-hybridized carbons (Fsp3) is 0.542. The maximum Gasteiger partial charge on any atom is 0.226 e. The third-order valence-electron chi connectivity index (χ3n) is 5.82. The summed E-state index contributed by atoms with van der Waals surface area (Å²) in [4.78, 5) is 15.3. The lowest BCUT2D eigenvalue weighted by atomic mass is 9.88. The maximum atomic E-state index is 13.5. The fourth-order valence-corrected chi connectivity index (χ4v) is 4.20. The van der Waals surface area contributed by atoms with E-state index in [0.29, 0.717) is 19.0 Å². The van der Waals surface area contributed by atoms with Gasteiger partial charge in [-0.25, -0.2) is 4.39 Å². The lowest BCUT2D eigenvalue weighted by Crippen LogP contribution is -2.37. The third kappa shape index (κ3) is 5.70. The molecule has 1 heterocycles. The second-order valence-corrected chi connectivity index (χ2v) is 8.06. The van der Waals surface area contributed by atoms with Crippen LogP contribution in [0.4, 0.5) is 4.39 Å². The van der Waals surface area contributed by atoms with E-state index in [9.17, 15) is 9.18 Å². The molecule has 0 spiro atoms. The Labute approximate surface area is 168 Å². The van der Waals surface area contributed by atoms with E-state index in [-0.39, 0.29) is 11.7 Å². The molecule has 0 radical (unpaired) electrons. The zero-order valence-electron chi connectivity index (χ0n) is 17.1. The summed E-state index contributed by atoms with van der Waals surface area (Å²) < 4.78 is 15.7. The van der Waals surface area contributed by atoms with Crippen LogP contribution in [0.25, 0.3) is 0 Å². The number of nitrogens with zero attached hydrogens (tertiary/aromatic N) is 2. The van der Waals surface area contributed by atoms with Gasteiger partial charge in [0.15, 0.2) is 0 Å². The molecule has 1 aromatic heterocycles. The highest BCUT2D eigenvalue weighted by Crippen LogP contribution is 2.26. The van der Waals surface area contributed by atoms with Crippen LogP contribution in [0.5, 0.6) is 0 Å². The van der Waals surface area contributed by atoms with Crippen molar-refractivity contribution in [2.24, 2.45) is 5.92 Å². The average molecular weight is 385 g/mol. The minimum atomic E-state index is -0.208. The van der Waals surface area contributed by atoms with E-state index in [4.69, 9.17) is 0 Å². The number of halogens is 1. The van der Waals surface area contributed by atoms with Crippen LogP contribution >= 0.6 is 0 Å². The predicted molar refractivity (Wildman–Crippen MR) is 111 cm³/mol. The van der Waals surface area contributed by atoms with Gasteiger partial charge in [-0.1, -0.05) is 51.2 Å². The van der Waals surface area contributed by atoms with Crippen LogP contribution in [-0.2, 0) is 17.9 Å². The number of rotatable bonds is 9. The number of amides is 1. The van der Waals surface area contributed by atoms with Crippen molar-refractivity contribution in [3.05, 3.63) is 59.7 Å². The van der Waals surface area contributed by atoms with E-state index < -0.39 is 0 Å². The van der Waals surface area contributed by atoms with Gasteiger partial charge in [-0.15, -0.1) is 0 Å². The summed E-state index contributed by atoms with van der Waals surface area (Å²) in [6.07, 6.45) is 11.1. The summed E-state index contributed by atoms with van der Waals surface area (Å²) in [7, 11) is 0. The molecule has 3 nitrogen and oxygen atoms in total. The Morgan fingerprint density at radius 3 is 2.71 bits per heavy atom. The first kappa shape index (κ1) is 20.6. The first-order valence-electron chi connectivity index (χ1n) is 10.8. The van der Waals surface area contributed by atoms with Gasteiger partial charge >= 0.3 is 0 Å². The van der Waals surface area contributed by atoms with Crippen LogP contribution in [0.15, 0.2) is 42.6 Å². The van der Waals surface area contributed by atoms with Crippen molar-refractivity contribution >= 4 is 5.91 Å². The molecule has 1 fully saturated rings. The molecule has 4 heteroatoms. The van der Waals surface area contributed by atoms with E-state index in [0.717, 1.165) is 49.9 Å². The quantitative estimate of drug-likeness (QED) is 0.504. The lowest BCUT2D eigenvalue weighted by molar-refractivity contribution is -0.137. The monoisotopic (exact) mass is 384 g/mol. The van der Waals surface area contributed by atoms with E-state index in [1.165, 1.54) is 25.3 Å². The SMILES string of the molecule is CCCCCN(Cc1cccn1Cc1cccc(F)c1)C(=O)C1CCCCC1. The lowest BCUT2D eigenvalue weighted by Gasteiger charge is -2.30. The molecule has 0 unspecified atom stereocenters. The zero-order valence-corrected chi connectivity index (χ0v) is 17.1. The number of unbranched alkanes of at least 4 members (excludes halogenated alkanes) is 2. The molecule has 152 valence electrons.